The third-order valence-corrected chi connectivity index (χ3v) is 2.33. The lowest BCUT2D eigenvalue weighted by molar-refractivity contribution is -0.115. The van der Waals surface area contributed by atoms with Crippen molar-refractivity contribution in [2.75, 3.05) is 10.6 Å². The summed E-state index contributed by atoms with van der Waals surface area (Å²) in [6.45, 7) is 0. The van der Waals surface area contributed by atoms with Gasteiger partial charge in [0.2, 0.25) is 5.91 Å². The van der Waals surface area contributed by atoms with E-state index in [1.54, 1.807) is 18.2 Å². The van der Waals surface area contributed by atoms with Crippen LogP contribution in [0.1, 0.15) is 12.0 Å². The Morgan fingerprint density at radius 1 is 1.60 bits per heavy atom. The second-order valence-corrected chi connectivity index (χ2v) is 4.02. The molecule has 1 rings (SSSR count). The van der Waals surface area contributed by atoms with Crippen molar-refractivity contribution in [3.63, 3.8) is 0 Å². The number of carbonyl (C=O) groups is 1. The molecule has 0 saturated heterocycles. The normalized spacial score (nSPS) is 9.40. The van der Waals surface area contributed by atoms with Gasteiger partial charge >= 0.3 is 0 Å². The van der Waals surface area contributed by atoms with Crippen LogP contribution in [0.2, 0.25) is 5.02 Å². The Balaban J connectivity index is 2.88. The van der Waals surface area contributed by atoms with Crippen molar-refractivity contribution in [1.82, 2.24) is 0 Å². The molecule has 5 heteroatoms. The van der Waals surface area contributed by atoms with E-state index in [0.29, 0.717) is 28.0 Å². The van der Waals surface area contributed by atoms with Gasteiger partial charge in [-0.1, -0.05) is 27.5 Å². The lowest BCUT2D eigenvalue weighted by Gasteiger charge is -2.06. The lowest BCUT2D eigenvalue weighted by atomic mass is 10.2. The molecule has 1 aromatic rings. The first kappa shape index (κ1) is 12.0. The van der Waals surface area contributed by atoms with Crippen LogP contribution in [-0.4, -0.2) is 11.2 Å². The summed E-state index contributed by atoms with van der Waals surface area (Å²) in [5.41, 5.74) is 0.860. The van der Waals surface area contributed by atoms with E-state index in [2.05, 4.69) is 21.2 Å². The van der Waals surface area contributed by atoms with E-state index >= 15 is 0 Å². The average Bonchev–Trinajstić information content (AvgIpc) is 2.18. The van der Waals surface area contributed by atoms with Crippen LogP contribution in [0.25, 0.3) is 0 Å². The summed E-state index contributed by atoms with van der Waals surface area (Å²) in [5, 5.41) is 12.5. The highest BCUT2D eigenvalue weighted by Crippen LogP contribution is 2.20. The largest absolute Gasteiger partial charge is 0.325 e. The highest BCUT2D eigenvalue weighted by Gasteiger charge is 2.06. The summed E-state index contributed by atoms with van der Waals surface area (Å²) < 4.78 is 0. The minimum absolute atomic E-state index is 0.148. The van der Waals surface area contributed by atoms with Crippen molar-refractivity contribution in [2.24, 2.45) is 0 Å². The zero-order valence-electron chi connectivity index (χ0n) is 7.76. The van der Waals surface area contributed by atoms with Crippen molar-refractivity contribution in [3.8, 4) is 6.07 Å². The second-order valence-electron chi connectivity index (χ2n) is 2.79. The summed E-state index contributed by atoms with van der Waals surface area (Å²) in [7, 11) is 0. The van der Waals surface area contributed by atoms with Crippen LogP contribution >= 0.6 is 27.5 Å². The van der Waals surface area contributed by atoms with Crippen molar-refractivity contribution < 1.29 is 4.79 Å². The molecule has 3 nitrogen and oxygen atoms in total. The van der Waals surface area contributed by atoms with Crippen molar-refractivity contribution in [2.45, 2.75) is 6.42 Å². The van der Waals surface area contributed by atoms with Crippen LogP contribution in [0, 0.1) is 11.3 Å². The van der Waals surface area contributed by atoms with Crippen LogP contribution in [-0.2, 0) is 4.79 Å². The molecule has 0 aromatic heterocycles. The molecule has 1 N–H and O–H groups in total. The fraction of sp³-hybridized carbons (Fsp3) is 0.200. The zero-order chi connectivity index (χ0) is 11.3. The van der Waals surface area contributed by atoms with E-state index in [-0.39, 0.29) is 5.91 Å². The lowest BCUT2D eigenvalue weighted by Crippen LogP contribution is -2.12. The van der Waals surface area contributed by atoms with Gasteiger partial charge in [0.25, 0.3) is 0 Å². The molecular weight excluding hydrogens is 279 g/mol. The summed E-state index contributed by atoms with van der Waals surface area (Å²) in [6.07, 6.45) is 0.359. The average molecular weight is 288 g/mol. The number of carbonyl (C=O) groups excluding carboxylic acids is 1. The summed E-state index contributed by atoms with van der Waals surface area (Å²) in [4.78, 5) is 11.3. The number of alkyl halides is 1. The van der Waals surface area contributed by atoms with E-state index in [1.165, 1.54) is 0 Å². The number of benzene rings is 1. The van der Waals surface area contributed by atoms with Crippen molar-refractivity contribution in [3.05, 3.63) is 28.8 Å². The smallest absolute Gasteiger partial charge is 0.225 e. The molecule has 0 spiro atoms. The van der Waals surface area contributed by atoms with E-state index in [0.717, 1.165) is 0 Å². The van der Waals surface area contributed by atoms with E-state index < -0.39 is 0 Å². The number of anilines is 1. The van der Waals surface area contributed by atoms with Gasteiger partial charge in [-0.3, -0.25) is 4.79 Å². The third kappa shape index (κ3) is 3.54. The first-order valence-electron chi connectivity index (χ1n) is 4.23. The standard InChI is InChI=1S/C10H8BrClN2O/c11-4-3-10(15)14-9-5-8(12)2-1-7(9)6-13/h1-2,5H,3-4H2,(H,14,15). The molecule has 0 aliphatic carbocycles. The topological polar surface area (TPSA) is 52.9 Å². The fourth-order valence-electron chi connectivity index (χ4n) is 1.02. The summed E-state index contributed by atoms with van der Waals surface area (Å²) in [5.74, 6) is -0.148. The Morgan fingerprint density at radius 2 is 2.33 bits per heavy atom. The van der Waals surface area contributed by atoms with Crippen LogP contribution in [0.5, 0.6) is 0 Å². The van der Waals surface area contributed by atoms with E-state index in [1.807, 2.05) is 6.07 Å². The van der Waals surface area contributed by atoms with Gasteiger partial charge in [0.1, 0.15) is 6.07 Å². The maximum absolute atomic E-state index is 11.3. The number of nitrogens with one attached hydrogen (secondary N) is 1. The van der Waals surface area contributed by atoms with Gasteiger partial charge < -0.3 is 5.32 Å². The number of nitriles is 1. The van der Waals surface area contributed by atoms with Gasteiger partial charge in [-0.15, -0.1) is 0 Å². The molecule has 0 radical (unpaired) electrons. The molecular formula is C10H8BrClN2O. The molecule has 0 unspecified atom stereocenters. The van der Waals surface area contributed by atoms with Crippen molar-refractivity contribution >= 4 is 39.1 Å². The fourth-order valence-corrected chi connectivity index (χ4v) is 1.55. The van der Waals surface area contributed by atoms with Crippen LogP contribution in [0.3, 0.4) is 0 Å². The Kier molecular flexibility index (Phi) is 4.60. The van der Waals surface area contributed by atoms with Gasteiger partial charge in [-0.05, 0) is 18.2 Å². The quantitative estimate of drug-likeness (QED) is 0.869. The molecule has 1 aromatic carbocycles. The van der Waals surface area contributed by atoms with Gasteiger partial charge in [0, 0.05) is 16.8 Å². The van der Waals surface area contributed by atoms with Crippen molar-refractivity contribution in [1.29, 1.82) is 5.26 Å². The predicted octanol–water partition coefficient (Wildman–Crippen LogP) is 2.94. The van der Waals surface area contributed by atoms with Crippen LogP contribution in [0.15, 0.2) is 18.2 Å². The molecule has 0 saturated carbocycles. The number of halogens is 2. The first-order valence-corrected chi connectivity index (χ1v) is 5.72. The molecule has 0 bridgehead atoms. The Morgan fingerprint density at radius 3 is 2.93 bits per heavy atom. The first-order chi connectivity index (χ1) is 7.17. The molecule has 78 valence electrons. The molecule has 1 amide bonds. The highest BCUT2D eigenvalue weighted by atomic mass is 79.9. The maximum Gasteiger partial charge on any atom is 0.225 e. The zero-order valence-corrected chi connectivity index (χ0v) is 10.1. The minimum atomic E-state index is -0.148. The summed E-state index contributed by atoms with van der Waals surface area (Å²) >= 11 is 8.93. The predicted molar refractivity (Wildman–Crippen MR) is 63.2 cm³/mol. The van der Waals surface area contributed by atoms with E-state index in [4.69, 9.17) is 16.9 Å². The monoisotopic (exact) mass is 286 g/mol. The number of nitrogens with zero attached hydrogens (tertiary/aromatic N) is 1. The molecule has 0 aliphatic rings. The number of amides is 1. The minimum Gasteiger partial charge on any atom is -0.325 e. The van der Waals surface area contributed by atoms with Crippen LogP contribution in [0.4, 0.5) is 5.69 Å². The van der Waals surface area contributed by atoms with Gasteiger partial charge in [-0.2, -0.15) is 5.26 Å². The molecule has 0 fully saturated rings. The number of rotatable bonds is 3. The van der Waals surface area contributed by atoms with Gasteiger partial charge in [-0.25, -0.2) is 0 Å². The molecule has 0 heterocycles. The van der Waals surface area contributed by atoms with Gasteiger partial charge in [0.15, 0.2) is 0 Å². The third-order valence-electron chi connectivity index (χ3n) is 1.70. The number of hydrogen-bond donors (Lipinski definition) is 1. The maximum atomic E-state index is 11.3. The Labute approximate surface area is 101 Å². The SMILES string of the molecule is N#Cc1ccc(Cl)cc1NC(=O)CCBr. The number of hydrogen-bond acceptors (Lipinski definition) is 2. The molecule has 0 aliphatic heterocycles. The van der Waals surface area contributed by atoms with Gasteiger partial charge in [0.05, 0.1) is 11.3 Å². The Hall–Kier alpha value is -1.05. The summed E-state index contributed by atoms with van der Waals surface area (Å²) in [6, 6.07) is 6.73. The van der Waals surface area contributed by atoms with E-state index in [9.17, 15) is 4.79 Å². The molecule has 0 atom stereocenters. The highest BCUT2D eigenvalue weighted by molar-refractivity contribution is 9.09. The second kappa shape index (κ2) is 5.74. The molecule has 15 heavy (non-hydrogen) atoms. The Bertz CT molecular complexity index is 414. The van der Waals surface area contributed by atoms with Crippen LogP contribution < -0.4 is 5.32 Å².